The molecule has 0 saturated carbocycles. The molecule has 4 nitrogen and oxygen atoms in total. The molecule has 3 rings (SSSR count). The summed E-state index contributed by atoms with van der Waals surface area (Å²) >= 11 is 6.05. The Hall–Kier alpha value is -1.88. The molecule has 0 unspecified atom stereocenters. The SMILES string of the molecule is CC(=O)N(Cc1cccc(Cl)c1)C[C@@H]1C[C@@H](OCc2ccccc2)CN1. The molecule has 1 amide bonds. The van der Waals surface area contributed by atoms with Gasteiger partial charge in [0.25, 0.3) is 0 Å². The van der Waals surface area contributed by atoms with Gasteiger partial charge in [0, 0.05) is 37.6 Å². The van der Waals surface area contributed by atoms with Gasteiger partial charge in [0.05, 0.1) is 12.7 Å². The zero-order valence-corrected chi connectivity index (χ0v) is 15.8. The van der Waals surface area contributed by atoms with E-state index in [2.05, 4.69) is 17.4 Å². The summed E-state index contributed by atoms with van der Waals surface area (Å²) in [6.07, 6.45) is 1.09. The number of amides is 1. The number of ether oxygens (including phenoxy) is 1. The third-order valence-electron chi connectivity index (χ3n) is 4.66. The maximum Gasteiger partial charge on any atom is 0.219 e. The summed E-state index contributed by atoms with van der Waals surface area (Å²) in [6.45, 7) is 4.30. The van der Waals surface area contributed by atoms with Crippen LogP contribution in [-0.4, -0.2) is 36.0 Å². The van der Waals surface area contributed by atoms with Crippen molar-refractivity contribution >= 4 is 17.5 Å². The highest BCUT2D eigenvalue weighted by atomic mass is 35.5. The van der Waals surface area contributed by atoms with Crippen LogP contribution >= 0.6 is 11.6 Å². The molecule has 1 heterocycles. The van der Waals surface area contributed by atoms with Crippen molar-refractivity contribution in [3.05, 3.63) is 70.7 Å². The number of benzene rings is 2. The number of nitrogens with zero attached hydrogens (tertiary/aromatic N) is 1. The van der Waals surface area contributed by atoms with E-state index >= 15 is 0 Å². The molecular formula is C21H25ClN2O2. The smallest absolute Gasteiger partial charge is 0.219 e. The number of carbonyl (C=O) groups is 1. The summed E-state index contributed by atoms with van der Waals surface area (Å²) in [5.74, 6) is 0.0698. The van der Waals surface area contributed by atoms with Gasteiger partial charge in [-0.05, 0) is 29.7 Å². The second kappa shape index (κ2) is 9.17. The molecule has 1 aliphatic rings. The third-order valence-corrected chi connectivity index (χ3v) is 4.89. The van der Waals surface area contributed by atoms with Gasteiger partial charge in [0.15, 0.2) is 0 Å². The molecule has 5 heteroatoms. The van der Waals surface area contributed by atoms with Crippen molar-refractivity contribution in [3.63, 3.8) is 0 Å². The summed E-state index contributed by atoms with van der Waals surface area (Å²) in [5, 5.41) is 4.17. The predicted octanol–water partition coefficient (Wildman–Crippen LogP) is 3.64. The van der Waals surface area contributed by atoms with Crippen LogP contribution in [0.4, 0.5) is 0 Å². The van der Waals surface area contributed by atoms with Crippen LogP contribution in [0.1, 0.15) is 24.5 Å². The van der Waals surface area contributed by atoms with E-state index in [-0.39, 0.29) is 18.1 Å². The normalized spacial score (nSPS) is 19.5. The summed E-state index contributed by atoms with van der Waals surface area (Å²) in [6, 6.07) is 18.1. The molecule has 1 aliphatic heterocycles. The van der Waals surface area contributed by atoms with Crippen LogP contribution in [0.2, 0.25) is 5.02 Å². The van der Waals surface area contributed by atoms with Crippen molar-refractivity contribution in [1.29, 1.82) is 0 Å². The predicted molar refractivity (Wildman–Crippen MR) is 104 cm³/mol. The third kappa shape index (κ3) is 5.56. The second-order valence-electron chi connectivity index (χ2n) is 6.79. The van der Waals surface area contributed by atoms with Crippen LogP contribution in [0.3, 0.4) is 0 Å². The van der Waals surface area contributed by atoms with E-state index in [0.717, 1.165) is 18.5 Å². The second-order valence-corrected chi connectivity index (χ2v) is 7.23. The Kier molecular flexibility index (Phi) is 6.67. The topological polar surface area (TPSA) is 41.6 Å². The fourth-order valence-electron chi connectivity index (χ4n) is 3.26. The van der Waals surface area contributed by atoms with Gasteiger partial charge in [0.1, 0.15) is 0 Å². The average Bonchev–Trinajstić information content (AvgIpc) is 3.08. The first-order valence-electron chi connectivity index (χ1n) is 8.99. The lowest BCUT2D eigenvalue weighted by molar-refractivity contribution is -0.129. The summed E-state index contributed by atoms with van der Waals surface area (Å²) in [7, 11) is 0. The number of hydrogen-bond acceptors (Lipinski definition) is 3. The Morgan fingerprint density at radius 1 is 1.19 bits per heavy atom. The van der Waals surface area contributed by atoms with Crippen LogP contribution in [-0.2, 0) is 22.7 Å². The fourth-order valence-corrected chi connectivity index (χ4v) is 3.48. The lowest BCUT2D eigenvalue weighted by Gasteiger charge is -2.25. The van der Waals surface area contributed by atoms with Crippen LogP contribution < -0.4 is 5.32 Å². The quantitative estimate of drug-likeness (QED) is 0.806. The molecular weight excluding hydrogens is 348 g/mol. The first-order chi connectivity index (χ1) is 12.6. The molecule has 1 N–H and O–H groups in total. The minimum absolute atomic E-state index is 0.0698. The van der Waals surface area contributed by atoms with E-state index in [1.54, 1.807) is 6.92 Å². The average molecular weight is 373 g/mol. The molecule has 2 atom stereocenters. The van der Waals surface area contributed by atoms with Crippen molar-refractivity contribution < 1.29 is 9.53 Å². The zero-order chi connectivity index (χ0) is 18.4. The molecule has 1 fully saturated rings. The maximum atomic E-state index is 12.0. The number of halogens is 1. The first-order valence-corrected chi connectivity index (χ1v) is 9.37. The molecule has 0 bridgehead atoms. The van der Waals surface area contributed by atoms with Gasteiger partial charge in [-0.15, -0.1) is 0 Å². The minimum Gasteiger partial charge on any atom is -0.372 e. The van der Waals surface area contributed by atoms with Crippen molar-refractivity contribution in [1.82, 2.24) is 10.2 Å². The van der Waals surface area contributed by atoms with Gasteiger partial charge >= 0.3 is 0 Å². The molecule has 138 valence electrons. The highest BCUT2D eigenvalue weighted by molar-refractivity contribution is 6.30. The molecule has 2 aromatic carbocycles. The Balaban J connectivity index is 1.49. The van der Waals surface area contributed by atoms with Crippen molar-refractivity contribution in [2.24, 2.45) is 0 Å². The fraction of sp³-hybridized carbons (Fsp3) is 0.381. The zero-order valence-electron chi connectivity index (χ0n) is 15.0. The molecule has 1 saturated heterocycles. The Labute approximate surface area is 160 Å². The van der Waals surface area contributed by atoms with Gasteiger partial charge in [-0.1, -0.05) is 54.1 Å². The van der Waals surface area contributed by atoms with E-state index < -0.39 is 0 Å². The van der Waals surface area contributed by atoms with E-state index in [1.165, 1.54) is 5.56 Å². The van der Waals surface area contributed by atoms with Crippen molar-refractivity contribution in [2.45, 2.75) is 38.6 Å². The molecule has 0 aliphatic carbocycles. The number of carbonyl (C=O) groups excluding carboxylic acids is 1. The maximum absolute atomic E-state index is 12.0. The minimum atomic E-state index is 0.0698. The standard InChI is InChI=1S/C21H25ClN2O2/c1-16(25)24(13-18-8-5-9-19(22)10-18)14-20-11-21(12-23-20)26-15-17-6-3-2-4-7-17/h2-10,20-21,23H,11-15H2,1H3/t20-,21+/m0/s1. The molecule has 0 aromatic heterocycles. The Morgan fingerprint density at radius 2 is 1.96 bits per heavy atom. The molecule has 2 aromatic rings. The largest absolute Gasteiger partial charge is 0.372 e. The highest BCUT2D eigenvalue weighted by Gasteiger charge is 2.27. The first kappa shape index (κ1) is 18.9. The lowest BCUT2D eigenvalue weighted by atomic mass is 10.1. The van der Waals surface area contributed by atoms with Crippen LogP contribution in [0.15, 0.2) is 54.6 Å². The molecule has 26 heavy (non-hydrogen) atoms. The highest BCUT2D eigenvalue weighted by Crippen LogP contribution is 2.17. The Morgan fingerprint density at radius 3 is 2.69 bits per heavy atom. The monoisotopic (exact) mass is 372 g/mol. The Bertz CT molecular complexity index is 723. The van der Waals surface area contributed by atoms with Crippen LogP contribution in [0.5, 0.6) is 0 Å². The number of nitrogens with one attached hydrogen (secondary N) is 1. The number of rotatable bonds is 7. The van der Waals surface area contributed by atoms with E-state index in [0.29, 0.717) is 24.7 Å². The summed E-state index contributed by atoms with van der Waals surface area (Å²) in [5.41, 5.74) is 2.23. The molecule has 0 radical (unpaired) electrons. The molecule has 0 spiro atoms. The van der Waals surface area contributed by atoms with Gasteiger partial charge in [-0.3, -0.25) is 4.79 Å². The van der Waals surface area contributed by atoms with Crippen LogP contribution in [0.25, 0.3) is 0 Å². The summed E-state index contributed by atoms with van der Waals surface area (Å²) < 4.78 is 6.01. The lowest BCUT2D eigenvalue weighted by Crippen LogP contribution is -2.39. The van der Waals surface area contributed by atoms with Gasteiger partial charge < -0.3 is 15.0 Å². The number of hydrogen-bond donors (Lipinski definition) is 1. The van der Waals surface area contributed by atoms with Gasteiger partial charge in [0.2, 0.25) is 5.91 Å². The van der Waals surface area contributed by atoms with Crippen molar-refractivity contribution in [3.8, 4) is 0 Å². The van der Waals surface area contributed by atoms with Crippen molar-refractivity contribution in [2.75, 3.05) is 13.1 Å². The van der Waals surface area contributed by atoms with E-state index in [1.807, 2.05) is 47.4 Å². The van der Waals surface area contributed by atoms with Crippen LogP contribution in [0, 0.1) is 0 Å². The summed E-state index contributed by atoms with van der Waals surface area (Å²) in [4.78, 5) is 13.9. The van der Waals surface area contributed by atoms with Gasteiger partial charge in [-0.25, -0.2) is 0 Å². The van der Waals surface area contributed by atoms with E-state index in [4.69, 9.17) is 16.3 Å². The van der Waals surface area contributed by atoms with Gasteiger partial charge in [-0.2, -0.15) is 0 Å². The van der Waals surface area contributed by atoms with E-state index in [9.17, 15) is 4.79 Å².